The second-order valence-electron chi connectivity index (χ2n) is 10.8. The van der Waals surface area contributed by atoms with Crippen molar-refractivity contribution in [2.45, 2.75) is 97.4 Å². The van der Waals surface area contributed by atoms with Gasteiger partial charge in [0.05, 0.1) is 6.10 Å². The van der Waals surface area contributed by atoms with Crippen molar-refractivity contribution >= 4 is 14.1 Å². The Morgan fingerprint density at radius 1 is 1.24 bits per heavy atom. The molecule has 1 fully saturated rings. The fraction of sp³-hybridized carbons (Fsp3) is 0.773. The number of hydrogen-bond acceptors (Lipinski definition) is 2. The second-order valence-corrected chi connectivity index (χ2v) is 15.6. The van der Waals surface area contributed by atoms with E-state index < -0.39 is 8.32 Å². The standard InChI is InChI=1S/C22H36O2Si/c1-20(2,3)25(6,7)24-19-12-13-21(4,5)15-22(19)14-18(23)16-10-8-9-11-17(16)22/h8,10,19H,9,11-15H2,1-7H3/t19-,22+/m0/s1. The SMILES string of the molecule is CC1(C)CC[C@H](O[Si](C)(C)C(C)(C)C)[C@]2(CC(=O)C3=C2CCC=C3)C1. The number of allylic oxidation sites excluding steroid dienone is 3. The highest BCUT2D eigenvalue weighted by molar-refractivity contribution is 6.74. The van der Waals surface area contributed by atoms with Gasteiger partial charge in [-0.1, -0.05) is 46.8 Å². The van der Waals surface area contributed by atoms with Crippen LogP contribution in [0.25, 0.3) is 0 Å². The topological polar surface area (TPSA) is 26.3 Å². The molecule has 0 aromatic heterocycles. The van der Waals surface area contributed by atoms with Crippen LogP contribution in [0.1, 0.15) is 73.1 Å². The highest BCUT2D eigenvalue weighted by Crippen LogP contribution is 2.60. The van der Waals surface area contributed by atoms with Crippen molar-refractivity contribution < 1.29 is 9.22 Å². The first-order chi connectivity index (χ1) is 11.4. The monoisotopic (exact) mass is 360 g/mol. The lowest BCUT2D eigenvalue weighted by molar-refractivity contribution is -0.118. The molecule has 3 aliphatic carbocycles. The van der Waals surface area contributed by atoms with Crippen molar-refractivity contribution in [2.24, 2.45) is 10.8 Å². The van der Waals surface area contributed by atoms with Crippen molar-refractivity contribution in [1.29, 1.82) is 0 Å². The first-order valence-corrected chi connectivity index (χ1v) is 12.9. The van der Waals surface area contributed by atoms with Gasteiger partial charge in [0.15, 0.2) is 14.1 Å². The van der Waals surface area contributed by atoms with E-state index in [1.165, 1.54) is 12.0 Å². The minimum Gasteiger partial charge on any atom is -0.413 e. The number of Topliss-reactive ketones (excluding diaryl/α,β-unsaturated/α-hetero) is 1. The zero-order chi connectivity index (χ0) is 18.7. The Labute approximate surface area is 155 Å². The fourth-order valence-corrected chi connectivity index (χ4v) is 6.38. The molecule has 0 heterocycles. The van der Waals surface area contributed by atoms with E-state index in [9.17, 15) is 4.79 Å². The van der Waals surface area contributed by atoms with E-state index in [2.05, 4.69) is 59.9 Å². The second kappa shape index (κ2) is 5.92. The molecule has 0 saturated heterocycles. The molecule has 0 amide bonds. The molecule has 0 unspecified atom stereocenters. The molecule has 0 aromatic carbocycles. The molecule has 2 nitrogen and oxygen atoms in total. The molecule has 140 valence electrons. The van der Waals surface area contributed by atoms with Crippen LogP contribution >= 0.6 is 0 Å². The fourth-order valence-electron chi connectivity index (χ4n) is 4.97. The van der Waals surface area contributed by atoms with Crippen LogP contribution in [-0.2, 0) is 9.22 Å². The van der Waals surface area contributed by atoms with Crippen LogP contribution in [-0.4, -0.2) is 20.2 Å². The van der Waals surface area contributed by atoms with Crippen molar-refractivity contribution in [3.05, 3.63) is 23.3 Å². The van der Waals surface area contributed by atoms with Gasteiger partial charge in [-0.2, -0.15) is 0 Å². The van der Waals surface area contributed by atoms with Gasteiger partial charge >= 0.3 is 0 Å². The summed E-state index contributed by atoms with van der Waals surface area (Å²) in [6.07, 6.45) is 10.7. The van der Waals surface area contributed by atoms with Gasteiger partial charge in [-0.05, 0) is 61.2 Å². The summed E-state index contributed by atoms with van der Waals surface area (Å²) in [6.45, 7) is 16.4. The molecule has 0 N–H and O–H groups in total. The van der Waals surface area contributed by atoms with Crippen LogP contribution in [0.4, 0.5) is 0 Å². The molecule has 3 rings (SSSR count). The maximum absolute atomic E-state index is 12.8. The first-order valence-electron chi connectivity index (χ1n) is 9.99. The Balaban J connectivity index is 2.02. The molecule has 2 atom stereocenters. The van der Waals surface area contributed by atoms with Gasteiger partial charge < -0.3 is 4.43 Å². The van der Waals surface area contributed by atoms with Crippen LogP contribution in [0.15, 0.2) is 23.3 Å². The summed E-state index contributed by atoms with van der Waals surface area (Å²) in [5, 5.41) is 0.202. The van der Waals surface area contributed by atoms with E-state index in [0.717, 1.165) is 31.3 Å². The molecule has 3 heteroatoms. The molecule has 25 heavy (non-hydrogen) atoms. The Morgan fingerprint density at radius 3 is 2.56 bits per heavy atom. The smallest absolute Gasteiger partial charge is 0.192 e. The van der Waals surface area contributed by atoms with E-state index in [4.69, 9.17) is 4.43 Å². The number of hydrogen-bond donors (Lipinski definition) is 0. The number of fused-ring (bicyclic) bond motifs is 1. The number of ketones is 1. The van der Waals surface area contributed by atoms with E-state index >= 15 is 0 Å². The van der Waals surface area contributed by atoms with E-state index in [0.29, 0.717) is 12.2 Å². The van der Waals surface area contributed by atoms with Crippen LogP contribution in [0.3, 0.4) is 0 Å². The van der Waals surface area contributed by atoms with Gasteiger partial charge in [-0.25, -0.2) is 0 Å². The predicted molar refractivity (Wildman–Crippen MR) is 107 cm³/mol. The van der Waals surface area contributed by atoms with Crippen LogP contribution in [0, 0.1) is 10.8 Å². The lowest BCUT2D eigenvalue weighted by Gasteiger charge is -2.53. The van der Waals surface area contributed by atoms with E-state index in [-0.39, 0.29) is 22.0 Å². The first kappa shape index (κ1) is 19.1. The summed E-state index contributed by atoms with van der Waals surface area (Å²) in [4.78, 5) is 12.8. The Bertz CT molecular complexity index is 633. The maximum atomic E-state index is 12.8. The zero-order valence-corrected chi connectivity index (χ0v) is 18.3. The lowest BCUT2D eigenvalue weighted by Crippen LogP contribution is -2.53. The minimum atomic E-state index is -1.86. The summed E-state index contributed by atoms with van der Waals surface area (Å²) in [5.74, 6) is 0.354. The van der Waals surface area contributed by atoms with E-state index in [1.807, 2.05) is 0 Å². The van der Waals surface area contributed by atoms with Crippen LogP contribution < -0.4 is 0 Å². The van der Waals surface area contributed by atoms with Gasteiger partial charge in [0.2, 0.25) is 0 Å². The quantitative estimate of drug-likeness (QED) is 0.549. The summed E-state index contributed by atoms with van der Waals surface area (Å²) in [7, 11) is -1.86. The Hall–Kier alpha value is -0.673. The number of rotatable bonds is 2. The highest BCUT2D eigenvalue weighted by atomic mass is 28.4. The molecular formula is C22H36O2Si. The lowest BCUT2D eigenvalue weighted by atomic mass is 9.58. The number of carbonyl (C=O) groups excluding carboxylic acids is 1. The molecule has 0 aromatic rings. The van der Waals surface area contributed by atoms with Crippen LogP contribution in [0.2, 0.25) is 18.1 Å². The Kier molecular flexibility index (Phi) is 4.52. The summed E-state index contributed by atoms with van der Waals surface area (Å²) >= 11 is 0. The van der Waals surface area contributed by atoms with Gasteiger partial charge in [0.25, 0.3) is 0 Å². The normalized spacial score (nSPS) is 32.4. The van der Waals surface area contributed by atoms with Crippen molar-refractivity contribution in [3.63, 3.8) is 0 Å². The minimum absolute atomic E-state index is 0.0472. The molecule has 0 radical (unpaired) electrons. The average molecular weight is 361 g/mol. The summed E-state index contributed by atoms with van der Waals surface area (Å²) in [6, 6.07) is 0. The molecule has 1 spiro atoms. The van der Waals surface area contributed by atoms with Gasteiger partial charge in [0.1, 0.15) is 0 Å². The Morgan fingerprint density at radius 2 is 1.92 bits per heavy atom. The van der Waals surface area contributed by atoms with Crippen molar-refractivity contribution in [3.8, 4) is 0 Å². The van der Waals surface area contributed by atoms with Gasteiger partial charge in [-0.3, -0.25) is 4.79 Å². The van der Waals surface area contributed by atoms with Crippen LogP contribution in [0.5, 0.6) is 0 Å². The predicted octanol–water partition coefficient (Wildman–Crippen LogP) is 6.19. The number of carbonyl (C=O) groups is 1. The third kappa shape index (κ3) is 3.23. The highest BCUT2D eigenvalue weighted by Gasteiger charge is 2.56. The molecule has 1 saturated carbocycles. The van der Waals surface area contributed by atoms with E-state index in [1.54, 1.807) is 0 Å². The zero-order valence-electron chi connectivity index (χ0n) is 17.3. The third-order valence-corrected chi connectivity index (χ3v) is 11.8. The molecule has 0 bridgehead atoms. The van der Waals surface area contributed by atoms with Crippen molar-refractivity contribution in [1.82, 2.24) is 0 Å². The summed E-state index contributed by atoms with van der Waals surface area (Å²) < 4.78 is 7.00. The summed E-state index contributed by atoms with van der Waals surface area (Å²) in [5.41, 5.74) is 2.69. The van der Waals surface area contributed by atoms with Gasteiger partial charge in [0, 0.05) is 17.4 Å². The van der Waals surface area contributed by atoms with Gasteiger partial charge in [-0.15, -0.1) is 0 Å². The average Bonchev–Trinajstić information content (AvgIpc) is 2.74. The molecule has 3 aliphatic rings. The molecule has 0 aliphatic heterocycles. The van der Waals surface area contributed by atoms with Crippen molar-refractivity contribution in [2.75, 3.05) is 0 Å². The maximum Gasteiger partial charge on any atom is 0.192 e. The third-order valence-electron chi connectivity index (χ3n) is 7.28. The molecular weight excluding hydrogens is 324 g/mol. The largest absolute Gasteiger partial charge is 0.413 e.